The van der Waals surface area contributed by atoms with Gasteiger partial charge in [0.2, 0.25) is 5.88 Å². The van der Waals surface area contributed by atoms with Gasteiger partial charge in [-0.25, -0.2) is 9.97 Å². The quantitative estimate of drug-likeness (QED) is 0.815. The van der Waals surface area contributed by atoms with Crippen molar-refractivity contribution < 1.29 is 4.74 Å². The summed E-state index contributed by atoms with van der Waals surface area (Å²) in [7, 11) is 0. The van der Waals surface area contributed by atoms with E-state index in [1.54, 1.807) is 6.33 Å². The molecule has 0 amide bonds. The fourth-order valence-electron chi connectivity index (χ4n) is 2.78. The lowest BCUT2D eigenvalue weighted by molar-refractivity contribution is 0.302. The molecule has 0 aromatic carbocycles. The normalized spacial score (nSPS) is 17.4. The molecule has 0 aliphatic heterocycles. The average Bonchev–Trinajstić information content (AvgIpc) is 2.93. The van der Waals surface area contributed by atoms with E-state index in [4.69, 9.17) is 4.74 Å². The Balaban J connectivity index is 1.91. The molecule has 0 spiro atoms. The van der Waals surface area contributed by atoms with Crippen LogP contribution in [0.4, 0.5) is 5.82 Å². The van der Waals surface area contributed by atoms with Crippen LogP contribution < -0.4 is 10.1 Å². The first-order valence-electron chi connectivity index (χ1n) is 7.47. The van der Waals surface area contributed by atoms with Gasteiger partial charge < -0.3 is 10.1 Å². The van der Waals surface area contributed by atoms with Crippen molar-refractivity contribution in [3.05, 3.63) is 12.4 Å². The molecule has 0 atom stereocenters. The van der Waals surface area contributed by atoms with Crippen LogP contribution in [0.2, 0.25) is 0 Å². The van der Waals surface area contributed by atoms with Crippen molar-refractivity contribution >= 4 is 5.82 Å². The maximum atomic E-state index is 5.53. The molecule has 4 heteroatoms. The zero-order valence-electron chi connectivity index (χ0n) is 12.1. The second-order valence-corrected chi connectivity index (χ2v) is 5.50. The molecule has 2 rings (SSSR count). The second-order valence-electron chi connectivity index (χ2n) is 5.50. The fraction of sp³-hybridized carbons (Fsp3) is 0.733. The molecular weight excluding hydrogens is 238 g/mol. The Kier molecular flexibility index (Phi) is 5.00. The summed E-state index contributed by atoms with van der Waals surface area (Å²) >= 11 is 0. The van der Waals surface area contributed by atoms with Crippen LogP contribution in [-0.2, 0) is 0 Å². The Morgan fingerprint density at radius 1 is 1.26 bits per heavy atom. The van der Waals surface area contributed by atoms with Crippen molar-refractivity contribution in [1.29, 1.82) is 0 Å². The second kappa shape index (κ2) is 6.73. The molecule has 1 aromatic rings. The Labute approximate surface area is 116 Å². The molecular formula is C15H25N3O. The van der Waals surface area contributed by atoms with Crippen molar-refractivity contribution in [2.45, 2.75) is 52.4 Å². The van der Waals surface area contributed by atoms with Crippen molar-refractivity contribution in [2.24, 2.45) is 5.41 Å². The molecule has 4 nitrogen and oxygen atoms in total. The van der Waals surface area contributed by atoms with Crippen molar-refractivity contribution in [3.8, 4) is 5.88 Å². The average molecular weight is 263 g/mol. The molecule has 1 heterocycles. The highest BCUT2D eigenvalue weighted by molar-refractivity contribution is 5.37. The number of nitrogens with one attached hydrogen (secondary N) is 1. The van der Waals surface area contributed by atoms with Crippen LogP contribution in [-0.4, -0.2) is 23.1 Å². The monoisotopic (exact) mass is 263 g/mol. The predicted octanol–water partition coefficient (Wildman–Crippen LogP) is 3.65. The topological polar surface area (TPSA) is 47.0 Å². The van der Waals surface area contributed by atoms with Gasteiger partial charge in [0.1, 0.15) is 12.1 Å². The summed E-state index contributed by atoms with van der Waals surface area (Å²) in [5, 5.41) is 3.46. The van der Waals surface area contributed by atoms with E-state index in [9.17, 15) is 0 Å². The van der Waals surface area contributed by atoms with E-state index >= 15 is 0 Å². The zero-order valence-corrected chi connectivity index (χ0v) is 12.1. The standard InChI is InChI=1S/C15H25N3O/c1-3-9-19-14-10-13(17-12-18-14)16-11-15(4-2)7-5-6-8-15/h10,12H,3-9,11H2,1-2H3,(H,16,17,18). The third-order valence-electron chi connectivity index (χ3n) is 4.15. The smallest absolute Gasteiger partial charge is 0.218 e. The van der Waals surface area contributed by atoms with Crippen LogP contribution in [0.3, 0.4) is 0 Å². The lowest BCUT2D eigenvalue weighted by Gasteiger charge is -2.27. The van der Waals surface area contributed by atoms with Crippen LogP contribution in [0.1, 0.15) is 52.4 Å². The number of hydrogen-bond acceptors (Lipinski definition) is 4. The summed E-state index contributed by atoms with van der Waals surface area (Å²) in [6.07, 6.45) is 9.20. The van der Waals surface area contributed by atoms with Gasteiger partial charge in [-0.1, -0.05) is 26.7 Å². The molecule has 1 N–H and O–H groups in total. The van der Waals surface area contributed by atoms with E-state index in [0.29, 0.717) is 17.9 Å². The van der Waals surface area contributed by atoms with Crippen molar-refractivity contribution in [1.82, 2.24) is 9.97 Å². The predicted molar refractivity (Wildman–Crippen MR) is 77.5 cm³/mol. The molecule has 0 bridgehead atoms. The lowest BCUT2D eigenvalue weighted by atomic mass is 9.83. The summed E-state index contributed by atoms with van der Waals surface area (Å²) in [4.78, 5) is 8.39. The molecule has 1 saturated carbocycles. The van der Waals surface area contributed by atoms with Crippen LogP contribution in [0.25, 0.3) is 0 Å². The van der Waals surface area contributed by atoms with Crippen LogP contribution in [0, 0.1) is 5.41 Å². The molecule has 1 aliphatic carbocycles. The van der Waals surface area contributed by atoms with Gasteiger partial charge in [-0.2, -0.15) is 0 Å². The first-order valence-corrected chi connectivity index (χ1v) is 7.47. The SMILES string of the molecule is CCCOc1cc(NCC2(CC)CCCC2)ncn1. The summed E-state index contributed by atoms with van der Waals surface area (Å²) < 4.78 is 5.53. The minimum atomic E-state index is 0.468. The van der Waals surface area contributed by atoms with E-state index in [0.717, 1.165) is 18.8 Å². The molecule has 1 fully saturated rings. The van der Waals surface area contributed by atoms with Crippen molar-refractivity contribution in [2.75, 3.05) is 18.5 Å². The van der Waals surface area contributed by atoms with Crippen LogP contribution in [0.5, 0.6) is 5.88 Å². The molecule has 0 radical (unpaired) electrons. The maximum Gasteiger partial charge on any atom is 0.218 e. The van der Waals surface area contributed by atoms with Gasteiger partial charge in [-0.15, -0.1) is 0 Å². The van der Waals surface area contributed by atoms with E-state index in [-0.39, 0.29) is 0 Å². The summed E-state index contributed by atoms with van der Waals surface area (Å²) in [6.45, 7) is 6.09. The van der Waals surface area contributed by atoms with Gasteiger partial charge in [-0.3, -0.25) is 0 Å². The van der Waals surface area contributed by atoms with E-state index in [1.807, 2.05) is 6.07 Å². The van der Waals surface area contributed by atoms with Crippen molar-refractivity contribution in [3.63, 3.8) is 0 Å². The summed E-state index contributed by atoms with van der Waals surface area (Å²) in [5.41, 5.74) is 0.468. The molecule has 0 saturated heterocycles. The summed E-state index contributed by atoms with van der Waals surface area (Å²) in [6, 6.07) is 1.90. The van der Waals surface area contributed by atoms with E-state index in [1.165, 1.54) is 32.1 Å². The number of hydrogen-bond donors (Lipinski definition) is 1. The minimum absolute atomic E-state index is 0.468. The highest BCUT2D eigenvalue weighted by Gasteiger charge is 2.31. The number of aromatic nitrogens is 2. The fourth-order valence-corrected chi connectivity index (χ4v) is 2.78. The third kappa shape index (κ3) is 3.82. The number of anilines is 1. The van der Waals surface area contributed by atoms with Gasteiger partial charge in [-0.05, 0) is 31.1 Å². The molecule has 0 unspecified atom stereocenters. The molecule has 19 heavy (non-hydrogen) atoms. The van der Waals surface area contributed by atoms with E-state index < -0.39 is 0 Å². The zero-order chi connectivity index (χ0) is 13.6. The third-order valence-corrected chi connectivity index (χ3v) is 4.15. The Morgan fingerprint density at radius 3 is 2.74 bits per heavy atom. The number of rotatable bonds is 7. The van der Waals surface area contributed by atoms with Gasteiger partial charge >= 0.3 is 0 Å². The maximum absolute atomic E-state index is 5.53. The van der Waals surface area contributed by atoms with Gasteiger partial charge in [0.05, 0.1) is 6.61 Å². The minimum Gasteiger partial charge on any atom is -0.478 e. The molecule has 1 aromatic heterocycles. The molecule has 106 valence electrons. The highest BCUT2D eigenvalue weighted by Crippen LogP contribution is 2.40. The largest absolute Gasteiger partial charge is 0.478 e. The first-order chi connectivity index (χ1) is 9.28. The van der Waals surface area contributed by atoms with E-state index in [2.05, 4.69) is 29.1 Å². The summed E-state index contributed by atoms with van der Waals surface area (Å²) in [5.74, 6) is 1.54. The highest BCUT2D eigenvalue weighted by atomic mass is 16.5. The Morgan fingerprint density at radius 2 is 2.05 bits per heavy atom. The van der Waals surface area contributed by atoms with Gasteiger partial charge in [0.15, 0.2) is 0 Å². The Hall–Kier alpha value is -1.32. The lowest BCUT2D eigenvalue weighted by Crippen LogP contribution is -2.26. The van der Waals surface area contributed by atoms with Crippen LogP contribution in [0.15, 0.2) is 12.4 Å². The van der Waals surface area contributed by atoms with Gasteiger partial charge in [0.25, 0.3) is 0 Å². The number of nitrogens with zero attached hydrogens (tertiary/aromatic N) is 2. The Bertz CT molecular complexity index is 389. The molecule has 1 aliphatic rings. The van der Waals surface area contributed by atoms with Crippen LogP contribution >= 0.6 is 0 Å². The van der Waals surface area contributed by atoms with Gasteiger partial charge in [0, 0.05) is 12.6 Å². The number of ether oxygens (including phenoxy) is 1. The first kappa shape index (κ1) is 14.1.